The second-order valence-electron chi connectivity index (χ2n) is 6.36. The van der Waals surface area contributed by atoms with Crippen LogP contribution in [0.15, 0.2) is 66.1 Å². The number of halogens is 2. The number of nitrogens with zero attached hydrogens (tertiary/aromatic N) is 3. The van der Waals surface area contributed by atoms with Crippen molar-refractivity contribution in [2.45, 2.75) is 19.1 Å². The Morgan fingerprint density at radius 2 is 2.14 bits per heavy atom. The molecule has 1 atom stereocenters. The van der Waals surface area contributed by atoms with Crippen molar-refractivity contribution in [1.29, 1.82) is 0 Å². The lowest BCUT2D eigenvalue weighted by molar-refractivity contribution is -0.125. The molecule has 2 aromatic carbocycles. The Hall–Kier alpha value is -3.19. The Labute approximate surface area is 165 Å². The first-order valence-electron chi connectivity index (χ1n) is 8.64. The molecule has 1 aromatic heterocycles. The van der Waals surface area contributed by atoms with E-state index in [0.29, 0.717) is 29.4 Å². The van der Waals surface area contributed by atoms with Gasteiger partial charge in [-0.15, -0.1) is 0 Å². The predicted molar refractivity (Wildman–Crippen MR) is 104 cm³/mol. The summed E-state index contributed by atoms with van der Waals surface area (Å²) in [6, 6.07) is 13.6. The van der Waals surface area contributed by atoms with Gasteiger partial charge >= 0.3 is 0 Å². The number of hydrogen-bond acceptors (Lipinski definition) is 4. The van der Waals surface area contributed by atoms with Crippen LogP contribution in [0.2, 0.25) is 5.02 Å². The summed E-state index contributed by atoms with van der Waals surface area (Å²) in [6.07, 6.45) is 2.79. The number of anilines is 1. The highest BCUT2D eigenvalue weighted by atomic mass is 35.5. The van der Waals surface area contributed by atoms with Crippen LogP contribution in [0.25, 0.3) is 0 Å². The molecule has 0 saturated heterocycles. The van der Waals surface area contributed by atoms with E-state index in [0.717, 1.165) is 11.1 Å². The molecule has 2 heterocycles. The highest BCUT2D eigenvalue weighted by Gasteiger charge is 2.29. The summed E-state index contributed by atoms with van der Waals surface area (Å²) in [6.45, 7) is 0.396. The van der Waals surface area contributed by atoms with E-state index in [9.17, 15) is 9.18 Å². The third-order valence-electron chi connectivity index (χ3n) is 4.28. The first kappa shape index (κ1) is 18.2. The van der Waals surface area contributed by atoms with E-state index in [1.165, 1.54) is 18.3 Å². The van der Waals surface area contributed by atoms with E-state index < -0.39 is 6.10 Å². The maximum Gasteiger partial charge on any atom is 0.268 e. The van der Waals surface area contributed by atoms with Gasteiger partial charge in [-0.3, -0.25) is 9.48 Å². The van der Waals surface area contributed by atoms with E-state index in [1.54, 1.807) is 23.0 Å². The summed E-state index contributed by atoms with van der Waals surface area (Å²) in [5, 5.41) is 11.5. The first-order chi connectivity index (χ1) is 13.6. The summed E-state index contributed by atoms with van der Waals surface area (Å²) < 4.78 is 14.9. The molecule has 1 amide bonds. The zero-order valence-corrected chi connectivity index (χ0v) is 15.4. The van der Waals surface area contributed by atoms with Crippen molar-refractivity contribution in [2.75, 3.05) is 5.32 Å². The Balaban J connectivity index is 1.36. The number of nitrogens with one attached hydrogen (secondary N) is 1. The van der Waals surface area contributed by atoms with Gasteiger partial charge in [0.15, 0.2) is 0 Å². The smallest absolute Gasteiger partial charge is 0.268 e. The van der Waals surface area contributed by atoms with Crippen LogP contribution in [-0.2, 0) is 16.2 Å². The van der Waals surface area contributed by atoms with Gasteiger partial charge in [0.2, 0.25) is 6.10 Å². The molecule has 1 aliphatic rings. The molecule has 0 bridgehead atoms. The second kappa shape index (κ2) is 7.82. The van der Waals surface area contributed by atoms with E-state index in [2.05, 4.69) is 15.6 Å². The standard InChI is InChI=1S/C20H16ClFN4O2/c21-17-7-2-1-6-16(17)18-9-19(28-25-18)20(27)24-15-10-23-26(12-15)11-13-4-3-5-14(22)8-13/h1-8,10,12,19H,9,11H2,(H,24,27)/t19-/m1/s1. The number of rotatable bonds is 5. The minimum atomic E-state index is -0.738. The fourth-order valence-corrected chi connectivity index (χ4v) is 3.18. The highest BCUT2D eigenvalue weighted by molar-refractivity contribution is 6.34. The lowest BCUT2D eigenvalue weighted by atomic mass is 10.0. The molecule has 3 aromatic rings. The summed E-state index contributed by atoms with van der Waals surface area (Å²) in [7, 11) is 0. The quantitative estimate of drug-likeness (QED) is 0.709. The molecular weight excluding hydrogens is 383 g/mol. The van der Waals surface area contributed by atoms with E-state index in [4.69, 9.17) is 16.4 Å². The van der Waals surface area contributed by atoms with Crippen molar-refractivity contribution in [1.82, 2.24) is 9.78 Å². The fraction of sp³-hybridized carbons (Fsp3) is 0.150. The van der Waals surface area contributed by atoms with Crippen LogP contribution in [0.4, 0.5) is 10.1 Å². The maximum atomic E-state index is 13.3. The Kier molecular flexibility index (Phi) is 5.08. The van der Waals surface area contributed by atoms with Gasteiger partial charge in [0.25, 0.3) is 5.91 Å². The van der Waals surface area contributed by atoms with Crippen LogP contribution >= 0.6 is 11.6 Å². The molecule has 1 aliphatic heterocycles. The third kappa shape index (κ3) is 4.04. The molecule has 142 valence electrons. The van der Waals surface area contributed by atoms with Crippen molar-refractivity contribution in [3.63, 3.8) is 0 Å². The highest BCUT2D eigenvalue weighted by Crippen LogP contribution is 2.23. The van der Waals surface area contributed by atoms with Crippen molar-refractivity contribution in [3.05, 3.63) is 82.9 Å². The molecule has 0 aliphatic carbocycles. The molecule has 0 fully saturated rings. The number of carbonyl (C=O) groups excluding carboxylic acids is 1. The number of aromatic nitrogens is 2. The van der Waals surface area contributed by atoms with Crippen molar-refractivity contribution in [2.24, 2.45) is 5.16 Å². The van der Waals surface area contributed by atoms with Crippen LogP contribution in [0.3, 0.4) is 0 Å². The Morgan fingerprint density at radius 3 is 2.96 bits per heavy atom. The van der Waals surface area contributed by atoms with Gasteiger partial charge in [-0.1, -0.05) is 47.1 Å². The zero-order chi connectivity index (χ0) is 19.5. The topological polar surface area (TPSA) is 68.5 Å². The molecule has 0 spiro atoms. The maximum absolute atomic E-state index is 13.3. The van der Waals surface area contributed by atoms with Gasteiger partial charge in [0, 0.05) is 23.2 Å². The summed E-state index contributed by atoms with van der Waals surface area (Å²) in [5.74, 6) is -0.623. The van der Waals surface area contributed by atoms with Crippen LogP contribution in [0.1, 0.15) is 17.5 Å². The molecule has 0 saturated carbocycles. The summed E-state index contributed by atoms with van der Waals surface area (Å²) in [5.41, 5.74) is 2.68. The zero-order valence-electron chi connectivity index (χ0n) is 14.7. The van der Waals surface area contributed by atoms with E-state index >= 15 is 0 Å². The van der Waals surface area contributed by atoms with Crippen molar-refractivity contribution >= 4 is 28.9 Å². The van der Waals surface area contributed by atoms with Gasteiger partial charge in [-0.2, -0.15) is 5.10 Å². The monoisotopic (exact) mass is 398 g/mol. The number of benzene rings is 2. The molecule has 1 N–H and O–H groups in total. The van der Waals surface area contributed by atoms with Crippen LogP contribution < -0.4 is 5.32 Å². The number of carbonyl (C=O) groups is 1. The second-order valence-corrected chi connectivity index (χ2v) is 6.77. The van der Waals surface area contributed by atoms with Gasteiger partial charge in [0.05, 0.1) is 24.1 Å². The molecule has 6 nitrogen and oxygen atoms in total. The summed E-state index contributed by atoms with van der Waals surface area (Å²) >= 11 is 6.17. The average Bonchev–Trinajstić information content (AvgIpc) is 3.32. The molecular formula is C20H16ClFN4O2. The van der Waals surface area contributed by atoms with Gasteiger partial charge in [-0.25, -0.2) is 4.39 Å². The Morgan fingerprint density at radius 1 is 1.29 bits per heavy atom. The molecule has 4 rings (SSSR count). The van der Waals surface area contributed by atoms with Crippen LogP contribution in [-0.4, -0.2) is 27.5 Å². The Bertz CT molecular complexity index is 1050. The van der Waals surface area contributed by atoms with E-state index in [-0.39, 0.29) is 11.7 Å². The minimum absolute atomic E-state index is 0.300. The van der Waals surface area contributed by atoms with Crippen LogP contribution in [0, 0.1) is 5.82 Å². The third-order valence-corrected chi connectivity index (χ3v) is 4.61. The molecule has 28 heavy (non-hydrogen) atoms. The summed E-state index contributed by atoms with van der Waals surface area (Å²) in [4.78, 5) is 17.7. The molecule has 0 unspecified atom stereocenters. The lowest BCUT2D eigenvalue weighted by Crippen LogP contribution is -2.27. The van der Waals surface area contributed by atoms with Crippen molar-refractivity contribution in [3.8, 4) is 0 Å². The average molecular weight is 399 g/mol. The van der Waals surface area contributed by atoms with Gasteiger partial charge in [0.1, 0.15) is 5.82 Å². The van der Waals surface area contributed by atoms with Crippen molar-refractivity contribution < 1.29 is 14.0 Å². The SMILES string of the molecule is O=C(Nc1cnn(Cc2cccc(F)c2)c1)[C@H]1CC(c2ccccc2Cl)=NO1. The number of hydrogen-bond donors (Lipinski definition) is 1. The lowest BCUT2D eigenvalue weighted by Gasteiger charge is -2.08. The normalized spacial score (nSPS) is 15.8. The van der Waals surface area contributed by atoms with Gasteiger partial charge < -0.3 is 10.2 Å². The first-order valence-corrected chi connectivity index (χ1v) is 9.01. The number of amides is 1. The number of oxime groups is 1. The predicted octanol–water partition coefficient (Wildman–Crippen LogP) is 3.86. The molecule has 8 heteroatoms. The fourth-order valence-electron chi connectivity index (χ4n) is 2.93. The van der Waals surface area contributed by atoms with Crippen LogP contribution in [0.5, 0.6) is 0 Å². The van der Waals surface area contributed by atoms with E-state index in [1.807, 2.05) is 24.3 Å². The largest absolute Gasteiger partial charge is 0.382 e. The molecule has 0 radical (unpaired) electrons. The van der Waals surface area contributed by atoms with Gasteiger partial charge in [-0.05, 0) is 23.8 Å². The minimum Gasteiger partial charge on any atom is -0.382 e.